The molecule has 0 aliphatic carbocycles. The summed E-state index contributed by atoms with van der Waals surface area (Å²) in [6.45, 7) is 2.04. The van der Waals surface area contributed by atoms with Crippen LogP contribution in [0.2, 0.25) is 0 Å². The Morgan fingerprint density at radius 3 is 2.20 bits per heavy atom. The van der Waals surface area contributed by atoms with E-state index in [1.54, 1.807) is 48.5 Å². The Bertz CT molecular complexity index is 1140. The summed E-state index contributed by atoms with van der Waals surface area (Å²) in [5.74, 6) is -0.428. The van der Waals surface area contributed by atoms with Crippen LogP contribution in [0.3, 0.4) is 0 Å². The van der Waals surface area contributed by atoms with Gasteiger partial charge < -0.3 is 11.1 Å². The summed E-state index contributed by atoms with van der Waals surface area (Å²) in [4.78, 5) is 16.4. The lowest BCUT2D eigenvalue weighted by molar-refractivity contribution is 0.102. The molecule has 0 atom stereocenters. The minimum atomic E-state index is -3.79. The van der Waals surface area contributed by atoms with Crippen LogP contribution < -0.4 is 15.8 Å². The lowest BCUT2D eigenvalue weighted by Crippen LogP contribution is -2.36. The minimum Gasteiger partial charge on any atom is -0.369 e. The Balaban J connectivity index is 1.60. The zero-order valence-electron chi connectivity index (χ0n) is 16.4. The molecule has 7 nitrogen and oxygen atoms in total. The predicted octanol–water partition coefficient (Wildman–Crippen LogP) is 3.04. The molecule has 154 valence electrons. The van der Waals surface area contributed by atoms with Gasteiger partial charge in [0.25, 0.3) is 15.9 Å². The summed E-state index contributed by atoms with van der Waals surface area (Å²) in [6.07, 6.45) is 0. The molecule has 0 saturated carbocycles. The van der Waals surface area contributed by atoms with Gasteiger partial charge in [0.05, 0.1) is 11.4 Å². The van der Waals surface area contributed by atoms with Crippen LogP contribution in [-0.2, 0) is 16.6 Å². The maximum absolute atomic E-state index is 12.3. The Labute approximate surface area is 175 Å². The number of carbonyl (C=O) groups excluding carboxylic acids is 1. The molecule has 0 spiro atoms. The fraction of sp³-hybridized carbons (Fsp3) is 0.0909. The van der Waals surface area contributed by atoms with Gasteiger partial charge in [0, 0.05) is 11.3 Å². The number of sulfonamides is 1. The fourth-order valence-corrected chi connectivity index (χ4v) is 3.56. The average Bonchev–Trinajstić information content (AvgIpc) is 2.73. The van der Waals surface area contributed by atoms with E-state index in [-0.39, 0.29) is 23.3 Å². The number of benzene rings is 3. The van der Waals surface area contributed by atoms with Gasteiger partial charge in [0.15, 0.2) is 0 Å². The van der Waals surface area contributed by atoms with E-state index >= 15 is 0 Å². The molecule has 0 saturated heterocycles. The molecule has 1 amide bonds. The first kappa shape index (κ1) is 21.1. The van der Waals surface area contributed by atoms with E-state index in [0.29, 0.717) is 11.3 Å². The summed E-state index contributed by atoms with van der Waals surface area (Å²) >= 11 is 0. The van der Waals surface area contributed by atoms with Crippen molar-refractivity contribution in [2.24, 2.45) is 10.7 Å². The first-order valence-corrected chi connectivity index (χ1v) is 10.7. The van der Waals surface area contributed by atoms with Crippen molar-refractivity contribution in [2.45, 2.75) is 18.4 Å². The van der Waals surface area contributed by atoms with Gasteiger partial charge in [-0.05, 0) is 48.9 Å². The van der Waals surface area contributed by atoms with E-state index in [0.717, 1.165) is 11.1 Å². The van der Waals surface area contributed by atoms with E-state index in [2.05, 4.69) is 15.0 Å². The summed E-state index contributed by atoms with van der Waals surface area (Å²) in [5, 5.41) is 2.81. The van der Waals surface area contributed by atoms with Gasteiger partial charge >= 0.3 is 0 Å². The lowest BCUT2D eigenvalue weighted by atomic mass is 10.1. The van der Waals surface area contributed by atoms with Gasteiger partial charge in [-0.25, -0.2) is 18.1 Å². The predicted molar refractivity (Wildman–Crippen MR) is 118 cm³/mol. The second-order valence-corrected chi connectivity index (χ2v) is 8.32. The van der Waals surface area contributed by atoms with E-state index < -0.39 is 10.0 Å². The van der Waals surface area contributed by atoms with Crippen LogP contribution in [0.15, 0.2) is 88.8 Å². The molecule has 0 bridgehead atoms. The Hall–Kier alpha value is -3.65. The molecule has 8 heteroatoms. The highest BCUT2D eigenvalue weighted by molar-refractivity contribution is 7.90. The third-order valence-corrected chi connectivity index (χ3v) is 5.62. The third-order valence-electron chi connectivity index (χ3n) is 4.25. The number of anilines is 1. The largest absolute Gasteiger partial charge is 0.369 e. The van der Waals surface area contributed by atoms with Gasteiger partial charge in [-0.1, -0.05) is 48.0 Å². The van der Waals surface area contributed by atoms with E-state index in [4.69, 9.17) is 5.73 Å². The highest BCUT2D eigenvalue weighted by Gasteiger charge is 2.14. The molecule has 0 aromatic heterocycles. The molecule has 0 aliphatic rings. The van der Waals surface area contributed by atoms with Crippen molar-refractivity contribution in [3.8, 4) is 0 Å². The van der Waals surface area contributed by atoms with Crippen molar-refractivity contribution in [3.63, 3.8) is 0 Å². The normalized spacial score (nSPS) is 11.7. The number of hydrogen-bond acceptors (Lipinski definition) is 4. The minimum absolute atomic E-state index is 0.111. The number of para-hydroxylation sites is 1. The molecule has 0 fully saturated rings. The van der Waals surface area contributed by atoms with Crippen molar-refractivity contribution in [2.75, 3.05) is 5.32 Å². The third kappa shape index (κ3) is 5.68. The van der Waals surface area contributed by atoms with E-state index in [1.807, 2.05) is 25.1 Å². The molecular weight excluding hydrogens is 400 g/mol. The maximum atomic E-state index is 12.3. The topological polar surface area (TPSA) is 114 Å². The number of rotatable bonds is 6. The second-order valence-electron chi connectivity index (χ2n) is 6.64. The fourth-order valence-electron chi connectivity index (χ4n) is 2.61. The Morgan fingerprint density at radius 1 is 0.933 bits per heavy atom. The van der Waals surface area contributed by atoms with E-state index in [1.165, 1.54) is 12.1 Å². The number of amides is 1. The zero-order valence-corrected chi connectivity index (χ0v) is 17.2. The van der Waals surface area contributed by atoms with Crippen LogP contribution in [0.4, 0.5) is 5.69 Å². The van der Waals surface area contributed by atoms with Crippen LogP contribution >= 0.6 is 0 Å². The number of nitrogens with one attached hydrogen (secondary N) is 2. The summed E-state index contributed by atoms with van der Waals surface area (Å²) in [7, 11) is -3.79. The molecule has 0 aliphatic heterocycles. The number of hydrogen-bond donors (Lipinski definition) is 3. The molecule has 0 heterocycles. The van der Waals surface area contributed by atoms with Gasteiger partial charge in [0.1, 0.15) is 0 Å². The quantitative estimate of drug-likeness (QED) is 0.418. The summed E-state index contributed by atoms with van der Waals surface area (Å²) in [5.41, 5.74) is 8.68. The standard InChI is InChI=1S/C22H22N4O3S/c1-16-7-13-20(14-8-16)30(28,29)26-22(23)24-15-17-9-11-18(12-10-17)21(27)25-19-5-3-2-4-6-19/h2-14H,15H2,1H3,(H,25,27)(H3,23,24,26). The molecule has 3 rings (SSSR count). The number of nitrogens with two attached hydrogens (primary N) is 1. The molecule has 4 N–H and O–H groups in total. The van der Waals surface area contributed by atoms with E-state index in [9.17, 15) is 13.2 Å². The second kappa shape index (κ2) is 9.23. The van der Waals surface area contributed by atoms with Crippen molar-refractivity contribution >= 4 is 27.6 Å². The summed E-state index contributed by atoms with van der Waals surface area (Å²) < 4.78 is 26.9. The van der Waals surface area contributed by atoms with Crippen LogP contribution in [0, 0.1) is 6.92 Å². The Morgan fingerprint density at radius 2 is 1.57 bits per heavy atom. The molecule has 0 radical (unpaired) electrons. The lowest BCUT2D eigenvalue weighted by Gasteiger charge is -2.08. The number of guanidine groups is 1. The number of nitrogens with zero attached hydrogens (tertiary/aromatic N) is 1. The van der Waals surface area contributed by atoms with Gasteiger partial charge in [-0.3, -0.25) is 4.79 Å². The van der Waals surface area contributed by atoms with Crippen molar-refractivity contribution in [1.29, 1.82) is 0 Å². The Kier molecular flexibility index (Phi) is 6.48. The van der Waals surface area contributed by atoms with Gasteiger partial charge in [-0.2, -0.15) is 0 Å². The first-order valence-electron chi connectivity index (χ1n) is 9.18. The monoisotopic (exact) mass is 422 g/mol. The molecular formula is C22H22N4O3S. The molecule has 0 unspecified atom stereocenters. The first-order chi connectivity index (χ1) is 14.3. The summed E-state index contributed by atoms with van der Waals surface area (Å²) in [6, 6.07) is 22.4. The van der Waals surface area contributed by atoms with Crippen LogP contribution in [0.25, 0.3) is 0 Å². The average molecular weight is 423 g/mol. The highest BCUT2D eigenvalue weighted by Crippen LogP contribution is 2.11. The van der Waals surface area contributed by atoms with Crippen LogP contribution in [0.1, 0.15) is 21.5 Å². The number of aliphatic imine (C=N–C) groups is 1. The van der Waals surface area contributed by atoms with Crippen LogP contribution in [-0.4, -0.2) is 20.3 Å². The molecule has 3 aromatic rings. The molecule has 3 aromatic carbocycles. The van der Waals surface area contributed by atoms with Crippen molar-refractivity contribution in [3.05, 3.63) is 95.6 Å². The highest BCUT2D eigenvalue weighted by atomic mass is 32.2. The van der Waals surface area contributed by atoms with Gasteiger partial charge in [-0.15, -0.1) is 0 Å². The number of aryl methyl sites for hydroxylation is 1. The zero-order chi connectivity index (χ0) is 21.6. The number of carbonyl (C=O) groups is 1. The van der Waals surface area contributed by atoms with Crippen LogP contribution in [0.5, 0.6) is 0 Å². The van der Waals surface area contributed by atoms with Gasteiger partial charge in [0.2, 0.25) is 5.96 Å². The molecule has 30 heavy (non-hydrogen) atoms. The smallest absolute Gasteiger partial charge is 0.264 e. The SMILES string of the molecule is Cc1ccc(S(=O)(=O)NC(N)=NCc2ccc(C(=O)Nc3ccccc3)cc2)cc1. The maximum Gasteiger partial charge on any atom is 0.264 e. The van der Waals surface area contributed by atoms with Crippen molar-refractivity contribution in [1.82, 2.24) is 4.72 Å². The van der Waals surface area contributed by atoms with Crippen molar-refractivity contribution < 1.29 is 13.2 Å².